The lowest BCUT2D eigenvalue weighted by molar-refractivity contribution is -0.152. The molecular weight excluding hydrogens is 575 g/mol. The van der Waals surface area contributed by atoms with E-state index in [2.05, 4.69) is 10.2 Å². The van der Waals surface area contributed by atoms with Gasteiger partial charge in [0.15, 0.2) is 5.60 Å². The number of sulfonamides is 1. The minimum absolute atomic E-state index is 0.0802. The summed E-state index contributed by atoms with van der Waals surface area (Å²) in [6.07, 6.45) is 2.49. The van der Waals surface area contributed by atoms with Gasteiger partial charge in [-0.3, -0.25) is 14.5 Å². The highest BCUT2D eigenvalue weighted by atomic mass is 35.5. The molecule has 1 atom stereocenters. The van der Waals surface area contributed by atoms with E-state index in [4.69, 9.17) is 34.8 Å². The zero-order valence-electron chi connectivity index (χ0n) is 20.9. The molecule has 0 aromatic heterocycles. The number of nitrogens with zero attached hydrogens (tertiary/aromatic N) is 2. The van der Waals surface area contributed by atoms with Crippen molar-refractivity contribution >= 4 is 62.3 Å². The lowest BCUT2D eigenvalue weighted by Gasteiger charge is -2.48. The standard InChI is InChI=1S/C25H29Cl3N4O5S/c1-25(35,15-9-16(26)11-17(27)10-15)24(34)31-7-5-20(6-8-31)32-13-19(14-32)29-18-3-4-21(22(28)12-18)23(33)30-38(2,36)37/h3-4,9-12,19-20,29,35H,5-8,13-14H2,1-2H3,(H,30,33)/t25-/m0/s1. The molecule has 0 radical (unpaired) electrons. The Labute approximate surface area is 237 Å². The highest BCUT2D eigenvalue weighted by Crippen LogP contribution is 2.31. The first-order valence-electron chi connectivity index (χ1n) is 12.0. The van der Waals surface area contributed by atoms with Crippen LogP contribution in [0.2, 0.25) is 15.1 Å². The van der Waals surface area contributed by atoms with Gasteiger partial charge in [0.25, 0.3) is 11.8 Å². The second kappa shape index (κ2) is 11.2. The molecule has 2 amide bonds. The molecule has 9 nitrogen and oxygen atoms in total. The van der Waals surface area contributed by atoms with E-state index >= 15 is 0 Å². The second-order valence-corrected chi connectivity index (χ2v) is 13.0. The maximum Gasteiger partial charge on any atom is 0.266 e. The van der Waals surface area contributed by atoms with Gasteiger partial charge in [0.1, 0.15) is 0 Å². The van der Waals surface area contributed by atoms with Crippen LogP contribution in [0, 0.1) is 0 Å². The maximum atomic E-state index is 13.1. The molecule has 0 saturated carbocycles. The lowest BCUT2D eigenvalue weighted by Crippen LogP contribution is -2.61. The third-order valence-electron chi connectivity index (χ3n) is 6.88. The number of aliphatic hydroxyl groups is 1. The Bertz CT molecular complexity index is 1320. The quantitative estimate of drug-likeness (QED) is 0.444. The first kappa shape index (κ1) is 28.9. The molecule has 2 aromatic rings. The average Bonchev–Trinajstić information content (AvgIpc) is 2.79. The molecule has 0 spiro atoms. The Morgan fingerprint density at radius 2 is 1.63 bits per heavy atom. The zero-order valence-corrected chi connectivity index (χ0v) is 24.0. The maximum absolute atomic E-state index is 13.1. The molecule has 4 rings (SSSR count). The SMILES string of the molecule is C[C@@](O)(C(=O)N1CCC(N2CC(Nc3ccc(C(=O)NS(C)(=O)=O)c(Cl)c3)C2)CC1)c1cc(Cl)cc(Cl)c1. The summed E-state index contributed by atoms with van der Waals surface area (Å²) in [4.78, 5) is 29.2. The van der Waals surface area contributed by atoms with Crippen LogP contribution >= 0.6 is 34.8 Å². The number of piperidine rings is 1. The van der Waals surface area contributed by atoms with Crippen molar-refractivity contribution in [1.82, 2.24) is 14.5 Å². The Morgan fingerprint density at radius 3 is 2.18 bits per heavy atom. The summed E-state index contributed by atoms with van der Waals surface area (Å²) in [5.74, 6) is -1.15. The summed E-state index contributed by atoms with van der Waals surface area (Å²) in [7, 11) is -3.68. The Kier molecular flexibility index (Phi) is 8.52. The van der Waals surface area contributed by atoms with E-state index in [-0.39, 0.29) is 22.5 Å². The van der Waals surface area contributed by atoms with Gasteiger partial charge in [-0.1, -0.05) is 34.8 Å². The topological polar surface area (TPSA) is 119 Å². The predicted octanol–water partition coefficient (Wildman–Crippen LogP) is 3.33. The van der Waals surface area contributed by atoms with Crippen LogP contribution in [0.1, 0.15) is 35.7 Å². The average molecular weight is 604 g/mol. The highest BCUT2D eigenvalue weighted by molar-refractivity contribution is 7.89. The number of benzene rings is 2. The molecule has 2 saturated heterocycles. The zero-order chi connectivity index (χ0) is 27.8. The molecule has 0 unspecified atom stereocenters. The summed E-state index contributed by atoms with van der Waals surface area (Å²) in [5, 5.41) is 15.2. The van der Waals surface area contributed by atoms with Gasteiger partial charge in [0.05, 0.1) is 22.9 Å². The minimum atomic E-state index is -3.68. The number of hydrogen-bond acceptors (Lipinski definition) is 7. The fourth-order valence-electron chi connectivity index (χ4n) is 4.85. The molecular formula is C25H29Cl3N4O5S. The van der Waals surface area contributed by atoms with Crippen molar-refractivity contribution < 1.29 is 23.1 Å². The van der Waals surface area contributed by atoms with Crippen molar-refractivity contribution in [3.05, 3.63) is 62.6 Å². The number of halogens is 3. The van der Waals surface area contributed by atoms with Crippen LogP contribution in [0.5, 0.6) is 0 Å². The van der Waals surface area contributed by atoms with E-state index in [0.29, 0.717) is 34.7 Å². The van der Waals surface area contributed by atoms with Crippen molar-refractivity contribution in [2.24, 2.45) is 0 Å². The molecule has 2 aromatic carbocycles. The van der Waals surface area contributed by atoms with E-state index in [1.807, 2.05) is 4.72 Å². The van der Waals surface area contributed by atoms with E-state index in [1.165, 1.54) is 13.0 Å². The predicted molar refractivity (Wildman–Crippen MR) is 148 cm³/mol. The number of anilines is 1. The lowest BCUT2D eigenvalue weighted by atomic mass is 9.92. The number of carbonyl (C=O) groups excluding carboxylic acids is 2. The number of amides is 2. The molecule has 0 bridgehead atoms. The van der Waals surface area contributed by atoms with Gasteiger partial charge in [-0.2, -0.15) is 0 Å². The fraction of sp³-hybridized carbons (Fsp3) is 0.440. The number of nitrogens with one attached hydrogen (secondary N) is 2. The van der Waals surface area contributed by atoms with Gasteiger partial charge in [-0.05, 0) is 61.7 Å². The van der Waals surface area contributed by atoms with E-state index < -0.39 is 21.5 Å². The van der Waals surface area contributed by atoms with E-state index in [9.17, 15) is 23.1 Å². The summed E-state index contributed by atoms with van der Waals surface area (Å²) in [6.45, 7) is 4.16. The number of carbonyl (C=O) groups is 2. The molecule has 2 aliphatic rings. The number of hydrogen-bond donors (Lipinski definition) is 3. The molecule has 38 heavy (non-hydrogen) atoms. The minimum Gasteiger partial charge on any atom is -0.380 e. The van der Waals surface area contributed by atoms with Crippen LogP contribution < -0.4 is 10.0 Å². The van der Waals surface area contributed by atoms with Crippen LogP contribution in [-0.2, 0) is 20.4 Å². The molecule has 0 aliphatic carbocycles. The summed E-state index contributed by atoms with van der Waals surface area (Å²) < 4.78 is 24.5. The number of likely N-dealkylation sites (tertiary alicyclic amines) is 2. The van der Waals surface area contributed by atoms with Crippen molar-refractivity contribution in [3.8, 4) is 0 Å². The largest absolute Gasteiger partial charge is 0.380 e. The van der Waals surface area contributed by atoms with Crippen molar-refractivity contribution in [2.45, 2.75) is 37.5 Å². The van der Waals surface area contributed by atoms with Crippen molar-refractivity contribution in [1.29, 1.82) is 0 Å². The first-order valence-corrected chi connectivity index (χ1v) is 15.1. The van der Waals surface area contributed by atoms with Crippen LogP contribution in [0.15, 0.2) is 36.4 Å². The summed E-state index contributed by atoms with van der Waals surface area (Å²) in [6, 6.07) is 9.95. The first-order chi connectivity index (χ1) is 17.7. The van der Waals surface area contributed by atoms with Gasteiger partial charge in [-0.25, -0.2) is 13.1 Å². The van der Waals surface area contributed by atoms with Crippen LogP contribution in [0.4, 0.5) is 5.69 Å². The van der Waals surface area contributed by atoms with Gasteiger partial charge in [-0.15, -0.1) is 0 Å². The Morgan fingerprint density at radius 1 is 1.03 bits per heavy atom. The van der Waals surface area contributed by atoms with Gasteiger partial charge in [0.2, 0.25) is 10.0 Å². The molecule has 3 N–H and O–H groups in total. The van der Waals surface area contributed by atoms with Gasteiger partial charge >= 0.3 is 0 Å². The summed E-state index contributed by atoms with van der Waals surface area (Å²) >= 11 is 18.3. The van der Waals surface area contributed by atoms with Crippen LogP contribution in [0.3, 0.4) is 0 Å². The van der Waals surface area contributed by atoms with Crippen LogP contribution in [-0.4, -0.2) is 79.7 Å². The van der Waals surface area contributed by atoms with Crippen LogP contribution in [0.25, 0.3) is 0 Å². The number of rotatable bonds is 7. The second-order valence-electron chi connectivity index (χ2n) is 9.95. The molecule has 13 heteroatoms. The molecule has 2 heterocycles. The van der Waals surface area contributed by atoms with Gasteiger partial charge < -0.3 is 15.3 Å². The monoisotopic (exact) mass is 602 g/mol. The van der Waals surface area contributed by atoms with Crippen molar-refractivity contribution in [3.63, 3.8) is 0 Å². The third kappa shape index (κ3) is 6.73. The summed E-state index contributed by atoms with van der Waals surface area (Å²) in [5.41, 5.74) is -0.547. The van der Waals surface area contributed by atoms with E-state index in [0.717, 1.165) is 37.9 Å². The Hall–Kier alpha value is -2.08. The molecule has 2 fully saturated rings. The third-order valence-corrected chi connectivity index (χ3v) is 8.19. The normalized spacial score (nSPS) is 18.9. The van der Waals surface area contributed by atoms with E-state index in [1.54, 1.807) is 35.2 Å². The van der Waals surface area contributed by atoms with Gasteiger partial charge in [0, 0.05) is 48.0 Å². The fourth-order valence-corrected chi connectivity index (χ4v) is 6.09. The Balaban J connectivity index is 1.26. The molecule has 206 valence electrons. The smallest absolute Gasteiger partial charge is 0.266 e. The van der Waals surface area contributed by atoms with Crippen molar-refractivity contribution in [2.75, 3.05) is 37.8 Å². The highest BCUT2D eigenvalue weighted by Gasteiger charge is 2.40. The molecule has 2 aliphatic heterocycles.